The zero-order valence-corrected chi connectivity index (χ0v) is 21.3. The van der Waals surface area contributed by atoms with E-state index in [1.165, 1.54) is 35.9 Å². The summed E-state index contributed by atoms with van der Waals surface area (Å²) in [5.41, 5.74) is 5.88. The molecule has 36 heavy (non-hydrogen) atoms. The van der Waals surface area contributed by atoms with Crippen LogP contribution in [0.4, 0.5) is 5.13 Å². The number of thioether (sulfide) groups is 1. The van der Waals surface area contributed by atoms with E-state index in [0.29, 0.717) is 11.3 Å². The smallest absolute Gasteiger partial charge is 0.358 e. The first-order chi connectivity index (χ1) is 17.0. The normalized spacial score (nSPS) is 20.4. The molecule has 3 rings (SSSR count). The number of rotatable bonds is 8. The second-order valence-corrected chi connectivity index (χ2v) is 9.41. The van der Waals surface area contributed by atoms with Crippen LogP contribution in [0, 0.1) is 0 Å². The van der Waals surface area contributed by atoms with Crippen LogP contribution in [0.5, 0.6) is 0 Å². The summed E-state index contributed by atoms with van der Waals surface area (Å²) < 4.78 is 10.0. The number of oxime groups is 1. The minimum absolute atomic E-state index is 0.00701. The summed E-state index contributed by atoms with van der Waals surface area (Å²) >= 11 is 2.37. The lowest BCUT2D eigenvalue weighted by atomic mass is 10.0. The molecule has 0 saturated carbocycles. The zero-order chi connectivity index (χ0) is 26.6. The molecule has 3 heterocycles. The third-order valence-electron chi connectivity index (χ3n) is 4.70. The Morgan fingerprint density at radius 3 is 2.58 bits per heavy atom. The number of hydrogen-bond donors (Lipinski definition) is 2. The number of nitrogen functional groups attached to an aromatic ring is 1. The van der Waals surface area contributed by atoms with Crippen LogP contribution in [0.15, 0.2) is 34.0 Å². The topological polar surface area (TPSA) is 180 Å². The zero-order valence-electron chi connectivity index (χ0n) is 19.7. The molecule has 15 heteroatoms. The maximum absolute atomic E-state index is 13.1. The van der Waals surface area contributed by atoms with Gasteiger partial charge in [0.25, 0.3) is 11.8 Å². The van der Waals surface area contributed by atoms with Gasteiger partial charge >= 0.3 is 17.9 Å². The molecule has 1 fully saturated rings. The van der Waals surface area contributed by atoms with Crippen molar-refractivity contribution in [2.75, 3.05) is 11.5 Å². The first kappa shape index (κ1) is 26.9. The Morgan fingerprint density at radius 1 is 1.28 bits per heavy atom. The number of esters is 2. The summed E-state index contributed by atoms with van der Waals surface area (Å²) in [5.74, 6) is -3.30. The van der Waals surface area contributed by atoms with Gasteiger partial charge in [0.1, 0.15) is 22.8 Å². The van der Waals surface area contributed by atoms with Crippen molar-refractivity contribution in [3.63, 3.8) is 0 Å². The van der Waals surface area contributed by atoms with E-state index in [4.69, 9.17) is 15.2 Å². The van der Waals surface area contributed by atoms with E-state index in [9.17, 15) is 24.0 Å². The Bertz CT molecular complexity index is 1190. The molecule has 2 amide bonds. The Labute approximate surface area is 213 Å². The number of anilines is 1. The number of ether oxygens (including phenoxy) is 2. The summed E-state index contributed by atoms with van der Waals surface area (Å²) in [7, 11) is 0. The van der Waals surface area contributed by atoms with Crippen LogP contribution in [-0.2, 0) is 38.3 Å². The van der Waals surface area contributed by atoms with Crippen LogP contribution in [0.25, 0.3) is 0 Å². The van der Waals surface area contributed by atoms with Crippen molar-refractivity contribution >= 4 is 63.7 Å². The molecule has 13 nitrogen and oxygen atoms in total. The number of carbonyl (C=O) groups excluding carboxylic acids is 5. The molecular formula is C21H23N5O8S2. The molecule has 0 radical (unpaired) electrons. The fourth-order valence-corrected chi connectivity index (χ4v) is 5.21. The van der Waals surface area contributed by atoms with E-state index in [1.807, 2.05) is 0 Å². The first-order valence-electron chi connectivity index (χ1n) is 10.5. The molecule has 2 aliphatic rings. The van der Waals surface area contributed by atoms with Crippen LogP contribution in [0.2, 0.25) is 0 Å². The molecule has 1 aromatic rings. The van der Waals surface area contributed by atoms with E-state index >= 15 is 0 Å². The third-order valence-corrected chi connectivity index (χ3v) is 6.67. The highest BCUT2D eigenvalue weighted by atomic mass is 32.2. The molecule has 0 bridgehead atoms. The summed E-state index contributed by atoms with van der Waals surface area (Å²) in [6.45, 7) is 5.41. The van der Waals surface area contributed by atoms with Gasteiger partial charge in [-0.25, -0.2) is 14.6 Å². The molecule has 1 aromatic heterocycles. The summed E-state index contributed by atoms with van der Waals surface area (Å²) in [4.78, 5) is 71.1. The van der Waals surface area contributed by atoms with Gasteiger partial charge < -0.3 is 25.4 Å². The van der Waals surface area contributed by atoms with Crippen molar-refractivity contribution in [2.45, 2.75) is 45.4 Å². The van der Waals surface area contributed by atoms with E-state index in [0.717, 1.165) is 18.3 Å². The number of allylic oxidation sites excluding steroid dienone is 2. The Morgan fingerprint density at radius 2 is 2.00 bits per heavy atom. The van der Waals surface area contributed by atoms with Crippen molar-refractivity contribution in [1.82, 2.24) is 15.2 Å². The minimum Gasteiger partial charge on any atom is -0.426 e. The number of nitrogens with one attached hydrogen (secondary N) is 1. The maximum atomic E-state index is 13.1. The molecule has 1 saturated heterocycles. The molecule has 3 atom stereocenters. The molecule has 0 aliphatic carbocycles. The largest absolute Gasteiger partial charge is 0.426 e. The number of β-lactam (4-membered cyclic amide) rings is 1. The summed E-state index contributed by atoms with van der Waals surface area (Å²) in [6.07, 6.45) is 2.21. The van der Waals surface area contributed by atoms with Crippen LogP contribution >= 0.6 is 23.1 Å². The lowest BCUT2D eigenvalue weighted by Crippen LogP contribution is -2.71. The predicted octanol–water partition coefficient (Wildman–Crippen LogP) is 0.675. The van der Waals surface area contributed by atoms with Crippen molar-refractivity contribution in [3.05, 3.63) is 34.5 Å². The number of thiazole rings is 1. The molecular weight excluding hydrogens is 514 g/mol. The average Bonchev–Trinajstić information content (AvgIpc) is 3.22. The average molecular weight is 538 g/mol. The van der Waals surface area contributed by atoms with E-state index in [1.54, 1.807) is 19.1 Å². The van der Waals surface area contributed by atoms with Gasteiger partial charge in [-0.05, 0) is 12.5 Å². The quantitative estimate of drug-likeness (QED) is 0.119. The number of aromatic nitrogens is 1. The highest BCUT2D eigenvalue weighted by Gasteiger charge is 2.54. The minimum atomic E-state index is -1.17. The fourth-order valence-electron chi connectivity index (χ4n) is 3.35. The first-order valence-corrected chi connectivity index (χ1v) is 12.4. The number of carbonyl (C=O) groups is 5. The highest BCUT2D eigenvalue weighted by Crippen LogP contribution is 2.41. The molecule has 1 unspecified atom stereocenters. The fraction of sp³-hybridized carbons (Fsp3) is 0.381. The van der Waals surface area contributed by atoms with Crippen LogP contribution < -0.4 is 11.1 Å². The van der Waals surface area contributed by atoms with Gasteiger partial charge in [-0.2, -0.15) is 0 Å². The molecule has 3 N–H and O–H groups in total. The van der Waals surface area contributed by atoms with Gasteiger partial charge in [-0.15, -0.1) is 23.1 Å². The Kier molecular flexibility index (Phi) is 8.47. The standard InChI is InChI=1S/C21H23N5O8S2/c1-5-6-12-7-35-19-15(18(30)26(19)16(12)20(31)33-11(4)32-9(2)27)24-17(29)14(25-34-10(3)28)13-8-36-21(22)23-13/h5-6,8,11,15,19H,7H2,1-4H3,(H2,22,23)(H,24,29)/b6-5-,25-14-/t11?,15-,19-/m1/s1. The van der Waals surface area contributed by atoms with Gasteiger partial charge in [0.15, 0.2) is 10.8 Å². The van der Waals surface area contributed by atoms with Crippen molar-refractivity contribution < 1.29 is 38.3 Å². The summed E-state index contributed by atoms with van der Waals surface area (Å²) in [5, 5.41) is 7.10. The van der Waals surface area contributed by atoms with Crippen molar-refractivity contribution in [1.29, 1.82) is 0 Å². The molecule has 2 aliphatic heterocycles. The van der Waals surface area contributed by atoms with Crippen molar-refractivity contribution in [3.8, 4) is 0 Å². The number of hydrogen-bond acceptors (Lipinski definition) is 13. The highest BCUT2D eigenvalue weighted by molar-refractivity contribution is 8.00. The van der Waals surface area contributed by atoms with E-state index < -0.39 is 47.4 Å². The van der Waals surface area contributed by atoms with Crippen LogP contribution in [0.1, 0.15) is 33.4 Å². The number of fused-ring (bicyclic) bond motifs is 1. The second-order valence-electron chi connectivity index (χ2n) is 7.41. The summed E-state index contributed by atoms with van der Waals surface area (Å²) in [6, 6.07) is -1.01. The monoisotopic (exact) mass is 537 g/mol. The Hall–Kier alpha value is -3.72. The van der Waals surface area contributed by atoms with Gasteiger partial charge in [-0.3, -0.25) is 19.3 Å². The predicted molar refractivity (Wildman–Crippen MR) is 129 cm³/mol. The lowest BCUT2D eigenvalue weighted by Gasteiger charge is -2.49. The maximum Gasteiger partial charge on any atom is 0.358 e. The van der Waals surface area contributed by atoms with E-state index in [2.05, 4.69) is 20.3 Å². The van der Waals surface area contributed by atoms with Gasteiger partial charge in [0.05, 0.1) is 0 Å². The molecule has 192 valence electrons. The van der Waals surface area contributed by atoms with Crippen LogP contribution in [0.3, 0.4) is 0 Å². The second kappa shape index (κ2) is 11.3. The van der Waals surface area contributed by atoms with Crippen molar-refractivity contribution in [2.24, 2.45) is 5.16 Å². The third kappa shape index (κ3) is 5.91. The van der Waals surface area contributed by atoms with Gasteiger partial charge in [0, 0.05) is 31.9 Å². The van der Waals surface area contributed by atoms with Gasteiger partial charge in [0.2, 0.25) is 6.29 Å². The molecule has 0 aromatic carbocycles. The van der Waals surface area contributed by atoms with Crippen LogP contribution in [-0.4, -0.2) is 68.8 Å². The SMILES string of the molecule is C/C=C\C1=C(C(=O)OC(C)OC(C)=O)N2C(=O)[C@@H](NC(=O)/C(=N\OC(C)=O)c3csc(N)n3)[C@H]2SC1. The molecule has 0 spiro atoms. The van der Waals surface area contributed by atoms with E-state index in [-0.39, 0.29) is 22.2 Å². The number of nitrogens with zero attached hydrogens (tertiary/aromatic N) is 3. The van der Waals surface area contributed by atoms with Gasteiger partial charge in [-0.1, -0.05) is 17.3 Å². The Balaban J connectivity index is 1.81. The number of amides is 2. The lowest BCUT2D eigenvalue weighted by molar-refractivity contribution is -0.182. The number of nitrogens with two attached hydrogens (primary N) is 1.